The number of ether oxygens (including phenoxy) is 1. The number of carbonyl (C=O) groups is 1. The molecule has 0 radical (unpaired) electrons. The van der Waals surface area contributed by atoms with Gasteiger partial charge >= 0.3 is 5.97 Å². The Morgan fingerprint density at radius 2 is 2.13 bits per heavy atom. The fourth-order valence-corrected chi connectivity index (χ4v) is 1.27. The van der Waals surface area contributed by atoms with Gasteiger partial charge < -0.3 is 9.84 Å². The van der Waals surface area contributed by atoms with Gasteiger partial charge in [-0.05, 0) is 19.1 Å². The molecular weight excluding hydrogens is 274 g/mol. The second kappa shape index (κ2) is 4.57. The number of benzene rings is 1. The summed E-state index contributed by atoms with van der Waals surface area (Å²) >= 11 is 2.94. The molecule has 0 aliphatic rings. The van der Waals surface area contributed by atoms with Crippen LogP contribution in [-0.4, -0.2) is 17.2 Å². The van der Waals surface area contributed by atoms with E-state index in [9.17, 15) is 13.6 Å². The Morgan fingerprint density at radius 3 is 2.67 bits per heavy atom. The summed E-state index contributed by atoms with van der Waals surface area (Å²) in [5.41, 5.74) is 0. The zero-order valence-electron chi connectivity index (χ0n) is 7.63. The summed E-state index contributed by atoms with van der Waals surface area (Å²) in [5, 5.41) is 8.52. The standard InChI is InChI=1S/C9H7BrF2O3/c1-4(9(13)14)15-7-3-5(10)2-6(11)8(7)12/h2-4H,1H3,(H,13,14)/t4-/m1/s1. The van der Waals surface area contributed by atoms with E-state index in [4.69, 9.17) is 9.84 Å². The number of aliphatic carboxylic acids is 1. The average molecular weight is 281 g/mol. The Balaban J connectivity index is 2.99. The lowest BCUT2D eigenvalue weighted by Gasteiger charge is -2.11. The Labute approximate surface area is 92.8 Å². The number of carboxylic acids is 1. The molecule has 0 aliphatic heterocycles. The van der Waals surface area contributed by atoms with Crippen LogP contribution in [0.1, 0.15) is 6.92 Å². The first-order valence-corrected chi connectivity index (χ1v) is 4.75. The normalized spacial score (nSPS) is 12.3. The van der Waals surface area contributed by atoms with E-state index < -0.39 is 29.5 Å². The highest BCUT2D eigenvalue weighted by molar-refractivity contribution is 9.10. The highest BCUT2D eigenvalue weighted by Crippen LogP contribution is 2.26. The third-order valence-corrected chi connectivity index (χ3v) is 2.07. The maximum Gasteiger partial charge on any atom is 0.344 e. The van der Waals surface area contributed by atoms with Crippen LogP contribution in [-0.2, 0) is 4.79 Å². The Kier molecular flexibility index (Phi) is 3.62. The molecule has 6 heteroatoms. The first-order chi connectivity index (χ1) is 6.91. The van der Waals surface area contributed by atoms with Crippen LogP contribution >= 0.6 is 15.9 Å². The van der Waals surface area contributed by atoms with Crippen molar-refractivity contribution in [1.29, 1.82) is 0 Å². The summed E-state index contributed by atoms with van der Waals surface area (Å²) in [6, 6.07) is 2.09. The van der Waals surface area contributed by atoms with Crippen LogP contribution in [0.5, 0.6) is 5.75 Å². The Hall–Kier alpha value is -1.17. The quantitative estimate of drug-likeness (QED) is 0.866. The fraction of sp³-hybridized carbons (Fsp3) is 0.222. The van der Waals surface area contributed by atoms with Crippen molar-refractivity contribution in [3.63, 3.8) is 0 Å². The van der Waals surface area contributed by atoms with Gasteiger partial charge in [0.05, 0.1) is 0 Å². The average Bonchev–Trinajstić information content (AvgIpc) is 2.13. The fourth-order valence-electron chi connectivity index (χ4n) is 0.859. The molecular formula is C9H7BrF2O3. The molecule has 0 unspecified atom stereocenters. The zero-order chi connectivity index (χ0) is 11.6. The van der Waals surface area contributed by atoms with Crippen LogP contribution in [0.2, 0.25) is 0 Å². The van der Waals surface area contributed by atoms with Gasteiger partial charge in [0.1, 0.15) is 0 Å². The van der Waals surface area contributed by atoms with Crippen molar-refractivity contribution in [2.75, 3.05) is 0 Å². The van der Waals surface area contributed by atoms with Gasteiger partial charge in [0.15, 0.2) is 17.7 Å². The zero-order valence-corrected chi connectivity index (χ0v) is 9.22. The van der Waals surface area contributed by atoms with E-state index in [-0.39, 0.29) is 4.47 Å². The molecule has 0 aromatic heterocycles. The van der Waals surface area contributed by atoms with Gasteiger partial charge in [0.2, 0.25) is 5.82 Å². The van der Waals surface area contributed by atoms with Gasteiger partial charge in [-0.25, -0.2) is 9.18 Å². The van der Waals surface area contributed by atoms with Crippen LogP contribution in [0, 0.1) is 11.6 Å². The molecule has 3 nitrogen and oxygen atoms in total. The SMILES string of the molecule is C[C@@H](Oc1cc(Br)cc(F)c1F)C(=O)O. The third-order valence-electron chi connectivity index (χ3n) is 1.61. The minimum Gasteiger partial charge on any atom is -0.479 e. The van der Waals surface area contributed by atoms with Crippen molar-refractivity contribution in [2.24, 2.45) is 0 Å². The van der Waals surface area contributed by atoms with Gasteiger partial charge in [0, 0.05) is 4.47 Å². The number of carboxylic acid groups (broad SMARTS) is 1. The first-order valence-electron chi connectivity index (χ1n) is 3.96. The lowest BCUT2D eigenvalue weighted by atomic mass is 10.3. The lowest BCUT2D eigenvalue weighted by Crippen LogP contribution is -2.23. The van der Waals surface area contributed by atoms with Crippen LogP contribution < -0.4 is 4.74 Å². The van der Waals surface area contributed by atoms with Crippen molar-refractivity contribution in [3.8, 4) is 5.75 Å². The van der Waals surface area contributed by atoms with E-state index in [1.54, 1.807) is 0 Å². The summed E-state index contributed by atoms with van der Waals surface area (Å²) in [4.78, 5) is 10.4. The molecule has 1 N–H and O–H groups in total. The third kappa shape index (κ3) is 2.89. The molecule has 0 saturated carbocycles. The van der Waals surface area contributed by atoms with E-state index >= 15 is 0 Å². The summed E-state index contributed by atoms with van der Waals surface area (Å²) in [6.45, 7) is 1.22. The van der Waals surface area contributed by atoms with E-state index in [1.807, 2.05) is 0 Å². The van der Waals surface area contributed by atoms with Crippen LogP contribution in [0.25, 0.3) is 0 Å². The van der Waals surface area contributed by atoms with E-state index in [2.05, 4.69) is 15.9 Å². The molecule has 1 aromatic rings. The summed E-state index contributed by atoms with van der Waals surface area (Å²) < 4.78 is 30.9. The predicted octanol–water partition coefficient (Wildman–Crippen LogP) is 2.58. The predicted molar refractivity (Wildman–Crippen MR) is 51.8 cm³/mol. The largest absolute Gasteiger partial charge is 0.479 e. The molecule has 0 saturated heterocycles. The summed E-state index contributed by atoms with van der Waals surface area (Å²) in [5.74, 6) is -3.99. The monoisotopic (exact) mass is 280 g/mol. The van der Waals surface area contributed by atoms with Gasteiger partial charge in [-0.2, -0.15) is 4.39 Å². The maximum atomic E-state index is 13.1. The van der Waals surface area contributed by atoms with E-state index in [0.717, 1.165) is 12.1 Å². The molecule has 1 aromatic carbocycles. The first kappa shape index (κ1) is 11.9. The summed E-state index contributed by atoms with van der Waals surface area (Å²) in [7, 11) is 0. The smallest absolute Gasteiger partial charge is 0.344 e. The van der Waals surface area contributed by atoms with Gasteiger partial charge in [0.25, 0.3) is 0 Å². The van der Waals surface area contributed by atoms with Crippen molar-refractivity contribution in [2.45, 2.75) is 13.0 Å². The maximum absolute atomic E-state index is 13.1. The minimum absolute atomic E-state index is 0.272. The number of rotatable bonds is 3. The van der Waals surface area contributed by atoms with Gasteiger partial charge in [-0.3, -0.25) is 0 Å². The Bertz CT molecular complexity index is 395. The number of hydrogen-bond donors (Lipinski definition) is 1. The Morgan fingerprint density at radius 1 is 1.53 bits per heavy atom. The van der Waals surface area contributed by atoms with Gasteiger partial charge in [-0.1, -0.05) is 15.9 Å². The number of hydrogen-bond acceptors (Lipinski definition) is 2. The van der Waals surface area contributed by atoms with Crippen LogP contribution in [0.3, 0.4) is 0 Å². The lowest BCUT2D eigenvalue weighted by molar-refractivity contribution is -0.144. The van der Waals surface area contributed by atoms with E-state index in [0.29, 0.717) is 0 Å². The molecule has 82 valence electrons. The second-order valence-corrected chi connectivity index (χ2v) is 3.71. The molecule has 15 heavy (non-hydrogen) atoms. The number of halogens is 3. The molecule has 1 atom stereocenters. The van der Waals surface area contributed by atoms with Gasteiger partial charge in [-0.15, -0.1) is 0 Å². The molecule has 0 heterocycles. The molecule has 0 fully saturated rings. The minimum atomic E-state index is -1.25. The molecule has 0 amide bonds. The highest BCUT2D eigenvalue weighted by Gasteiger charge is 2.17. The molecule has 1 rings (SSSR count). The van der Waals surface area contributed by atoms with Crippen molar-refractivity contribution >= 4 is 21.9 Å². The van der Waals surface area contributed by atoms with E-state index in [1.165, 1.54) is 6.92 Å². The highest BCUT2D eigenvalue weighted by atomic mass is 79.9. The second-order valence-electron chi connectivity index (χ2n) is 2.80. The molecule has 0 spiro atoms. The van der Waals surface area contributed by atoms with Crippen molar-refractivity contribution in [3.05, 3.63) is 28.2 Å². The van der Waals surface area contributed by atoms with Crippen LogP contribution in [0.4, 0.5) is 8.78 Å². The summed E-state index contributed by atoms with van der Waals surface area (Å²) in [6.07, 6.45) is -1.24. The molecule has 0 bridgehead atoms. The van der Waals surface area contributed by atoms with Crippen LogP contribution in [0.15, 0.2) is 16.6 Å². The molecule has 0 aliphatic carbocycles. The van der Waals surface area contributed by atoms with Crippen molar-refractivity contribution < 1.29 is 23.4 Å². The topological polar surface area (TPSA) is 46.5 Å². The van der Waals surface area contributed by atoms with Crippen molar-refractivity contribution in [1.82, 2.24) is 0 Å².